The molecule has 1 heterocycles. The summed E-state index contributed by atoms with van der Waals surface area (Å²) in [5, 5.41) is 4.81. The summed E-state index contributed by atoms with van der Waals surface area (Å²) in [6.07, 6.45) is -5.04. The van der Waals surface area contributed by atoms with Gasteiger partial charge in [0.2, 0.25) is 15.9 Å². The van der Waals surface area contributed by atoms with Crippen LogP contribution in [0, 0.1) is 10.5 Å². The molecule has 0 fully saturated rings. The first-order valence-corrected chi connectivity index (χ1v) is 6.59. The van der Waals surface area contributed by atoms with Gasteiger partial charge in [-0.1, -0.05) is 0 Å². The predicted octanol–water partition coefficient (Wildman–Crippen LogP) is 1.54. The Balaban J connectivity index is 3.47. The molecule has 0 bridgehead atoms. The van der Waals surface area contributed by atoms with E-state index >= 15 is 0 Å². The molecule has 0 radical (unpaired) electrons. The number of aryl methyl sites for hydroxylation is 1. The molecule has 0 aliphatic heterocycles. The van der Waals surface area contributed by atoms with Crippen LogP contribution in [0.15, 0.2) is 11.0 Å². The zero-order valence-electron chi connectivity index (χ0n) is 8.25. The second-order valence-electron chi connectivity index (χ2n) is 2.97. The average molecular weight is 382 g/mol. The topological polar surface area (TPSA) is 82.3 Å². The second-order valence-corrected chi connectivity index (χ2v) is 5.63. The van der Waals surface area contributed by atoms with E-state index in [1.807, 2.05) is 0 Å². The summed E-state index contributed by atoms with van der Waals surface area (Å²) in [5.74, 6) is -1.07. The van der Waals surface area contributed by atoms with E-state index in [1.165, 1.54) is 13.0 Å². The van der Waals surface area contributed by atoms with Crippen molar-refractivity contribution < 1.29 is 26.3 Å². The quantitative estimate of drug-likeness (QED) is 0.787. The Bertz CT molecular complexity index is 544. The van der Waals surface area contributed by atoms with E-state index in [1.54, 1.807) is 22.6 Å². The van der Waals surface area contributed by atoms with E-state index in [-0.39, 0.29) is 9.26 Å². The standard InChI is InChI=1S/C7H6F3IN2O3S/c1-3-2-4(11)5(17(12,14)15)6(13-3)16-7(8,9)10/h2H,1H3,(H2,12,14,15). The van der Waals surface area contributed by atoms with E-state index in [4.69, 9.17) is 5.14 Å². The number of aromatic nitrogens is 1. The first kappa shape index (κ1) is 14.4. The van der Waals surface area contributed by atoms with E-state index in [2.05, 4.69) is 9.72 Å². The summed E-state index contributed by atoms with van der Waals surface area (Å²) >= 11 is 1.54. The minimum Gasteiger partial charge on any atom is -0.386 e. The van der Waals surface area contributed by atoms with Crippen molar-refractivity contribution >= 4 is 32.6 Å². The normalized spacial score (nSPS) is 12.6. The van der Waals surface area contributed by atoms with Crippen molar-refractivity contribution in [1.82, 2.24) is 4.98 Å². The molecule has 0 amide bonds. The molecule has 1 rings (SSSR count). The number of sulfonamides is 1. The number of halogens is 4. The molecule has 0 unspecified atom stereocenters. The smallest absolute Gasteiger partial charge is 0.386 e. The molecule has 1 aromatic heterocycles. The third-order valence-electron chi connectivity index (χ3n) is 1.52. The van der Waals surface area contributed by atoms with Crippen LogP contribution in [0.25, 0.3) is 0 Å². The van der Waals surface area contributed by atoms with Gasteiger partial charge in [-0.05, 0) is 35.6 Å². The summed E-state index contributed by atoms with van der Waals surface area (Å²) in [6.45, 7) is 1.40. The van der Waals surface area contributed by atoms with Gasteiger partial charge >= 0.3 is 6.36 Å². The third kappa shape index (κ3) is 3.96. The van der Waals surface area contributed by atoms with Gasteiger partial charge in [-0.15, -0.1) is 13.2 Å². The summed E-state index contributed by atoms with van der Waals surface area (Å²) in [5.41, 5.74) is 0.182. The molecule has 1 aromatic rings. The van der Waals surface area contributed by atoms with Crippen LogP contribution >= 0.6 is 22.6 Å². The molecule has 2 N–H and O–H groups in total. The van der Waals surface area contributed by atoms with Crippen LogP contribution in [0.4, 0.5) is 13.2 Å². The second kappa shape index (κ2) is 4.57. The number of ether oxygens (including phenoxy) is 1. The number of hydrogen-bond donors (Lipinski definition) is 1. The maximum Gasteiger partial charge on any atom is 0.574 e. The monoisotopic (exact) mass is 382 g/mol. The van der Waals surface area contributed by atoms with Crippen molar-refractivity contribution in [2.45, 2.75) is 18.2 Å². The maximum absolute atomic E-state index is 12.1. The van der Waals surface area contributed by atoms with Crippen molar-refractivity contribution in [1.29, 1.82) is 0 Å². The molecule has 0 aromatic carbocycles. The molecule has 0 atom stereocenters. The van der Waals surface area contributed by atoms with Crippen molar-refractivity contribution in [2.75, 3.05) is 0 Å². The lowest BCUT2D eigenvalue weighted by Gasteiger charge is -2.12. The van der Waals surface area contributed by atoms with E-state index in [0.29, 0.717) is 0 Å². The van der Waals surface area contributed by atoms with E-state index < -0.39 is 27.2 Å². The van der Waals surface area contributed by atoms with E-state index in [9.17, 15) is 21.6 Å². The van der Waals surface area contributed by atoms with Crippen LogP contribution in [0.3, 0.4) is 0 Å². The third-order valence-corrected chi connectivity index (χ3v) is 3.70. The number of rotatable bonds is 2. The Labute approximate surface area is 108 Å². The Hall–Kier alpha value is -0.620. The van der Waals surface area contributed by atoms with Crippen molar-refractivity contribution in [3.05, 3.63) is 15.3 Å². The van der Waals surface area contributed by atoms with Crippen molar-refractivity contribution in [3.63, 3.8) is 0 Å². The lowest BCUT2D eigenvalue weighted by atomic mass is 10.4. The zero-order chi connectivity index (χ0) is 13.4. The fourth-order valence-corrected chi connectivity index (χ4v) is 3.29. The van der Waals surface area contributed by atoms with Gasteiger partial charge < -0.3 is 4.74 Å². The van der Waals surface area contributed by atoms with Gasteiger partial charge in [0.15, 0.2) is 4.90 Å². The van der Waals surface area contributed by atoms with Gasteiger partial charge in [0.05, 0.1) is 0 Å². The average Bonchev–Trinajstić information content (AvgIpc) is 1.94. The Kier molecular flexibility index (Phi) is 3.88. The fraction of sp³-hybridized carbons (Fsp3) is 0.286. The van der Waals surface area contributed by atoms with Crippen LogP contribution in [-0.2, 0) is 10.0 Å². The molecular weight excluding hydrogens is 376 g/mol. The van der Waals surface area contributed by atoms with Gasteiger partial charge in [0.1, 0.15) is 0 Å². The highest BCUT2D eigenvalue weighted by Crippen LogP contribution is 2.30. The minimum atomic E-state index is -5.04. The first-order valence-electron chi connectivity index (χ1n) is 3.96. The Morgan fingerprint density at radius 3 is 2.41 bits per heavy atom. The van der Waals surface area contributed by atoms with Crippen LogP contribution in [0.2, 0.25) is 0 Å². The highest BCUT2D eigenvalue weighted by molar-refractivity contribution is 14.1. The number of hydrogen-bond acceptors (Lipinski definition) is 4. The molecule has 5 nitrogen and oxygen atoms in total. The number of nitrogens with zero attached hydrogens (tertiary/aromatic N) is 1. The van der Waals surface area contributed by atoms with Gasteiger partial charge in [-0.25, -0.2) is 18.5 Å². The van der Waals surface area contributed by atoms with E-state index in [0.717, 1.165) is 0 Å². The van der Waals surface area contributed by atoms with Crippen molar-refractivity contribution in [3.8, 4) is 5.88 Å². The van der Waals surface area contributed by atoms with Crippen molar-refractivity contribution in [2.24, 2.45) is 5.14 Å². The van der Waals surface area contributed by atoms with Crippen LogP contribution < -0.4 is 9.88 Å². The molecular formula is C7H6F3IN2O3S. The molecule has 0 saturated carbocycles. The number of alkyl halides is 3. The number of nitrogens with two attached hydrogens (primary N) is 1. The molecule has 0 aliphatic rings. The van der Waals surface area contributed by atoms with Gasteiger partial charge in [-0.2, -0.15) is 0 Å². The summed E-state index contributed by atoms with van der Waals surface area (Å²) in [6, 6.07) is 1.28. The summed E-state index contributed by atoms with van der Waals surface area (Å²) in [7, 11) is -4.35. The summed E-state index contributed by atoms with van der Waals surface area (Å²) in [4.78, 5) is 2.60. The molecule has 17 heavy (non-hydrogen) atoms. The molecule has 96 valence electrons. The molecule has 10 heteroatoms. The Morgan fingerprint density at radius 1 is 1.47 bits per heavy atom. The molecule has 0 spiro atoms. The molecule has 0 aliphatic carbocycles. The van der Waals surface area contributed by atoms with Gasteiger partial charge in [-0.3, -0.25) is 0 Å². The predicted molar refractivity (Wildman–Crippen MR) is 59.7 cm³/mol. The largest absolute Gasteiger partial charge is 0.574 e. The lowest BCUT2D eigenvalue weighted by Crippen LogP contribution is -2.23. The highest BCUT2D eigenvalue weighted by Gasteiger charge is 2.35. The van der Waals surface area contributed by atoms with Gasteiger partial charge in [0.25, 0.3) is 0 Å². The van der Waals surface area contributed by atoms with Crippen LogP contribution in [0.5, 0.6) is 5.88 Å². The highest BCUT2D eigenvalue weighted by atomic mass is 127. The fourth-order valence-electron chi connectivity index (χ4n) is 1.03. The Morgan fingerprint density at radius 2 is 2.00 bits per heavy atom. The minimum absolute atomic E-state index is 0.0110. The molecule has 0 saturated heterocycles. The SMILES string of the molecule is Cc1cc(I)c(S(N)(=O)=O)c(OC(F)(F)F)n1. The first-order chi connectivity index (χ1) is 7.50. The number of primary sulfonamides is 1. The van der Waals surface area contributed by atoms with Crippen LogP contribution in [-0.4, -0.2) is 19.8 Å². The maximum atomic E-state index is 12.1. The van der Waals surface area contributed by atoms with Gasteiger partial charge in [0, 0.05) is 9.26 Å². The zero-order valence-corrected chi connectivity index (χ0v) is 11.2. The number of pyridine rings is 1. The van der Waals surface area contributed by atoms with Crippen LogP contribution in [0.1, 0.15) is 5.69 Å². The lowest BCUT2D eigenvalue weighted by molar-refractivity contribution is -0.277. The summed E-state index contributed by atoms with van der Waals surface area (Å²) < 4.78 is 62.1.